The summed E-state index contributed by atoms with van der Waals surface area (Å²) in [7, 11) is 0. The van der Waals surface area contributed by atoms with Gasteiger partial charge >= 0.3 is 0 Å². The number of carbonyl (C=O) groups excluding carboxylic acids is 2. The lowest BCUT2D eigenvalue weighted by atomic mass is 9.44. The van der Waals surface area contributed by atoms with Crippen molar-refractivity contribution in [3.8, 4) is 11.5 Å². The number of rotatable bonds is 5. The van der Waals surface area contributed by atoms with E-state index < -0.39 is 0 Å². The Balaban J connectivity index is 1.18. The highest BCUT2D eigenvalue weighted by Crippen LogP contribution is 2.60. The van der Waals surface area contributed by atoms with E-state index in [9.17, 15) is 9.59 Å². The minimum atomic E-state index is -0.289. The van der Waals surface area contributed by atoms with Gasteiger partial charge in [0, 0.05) is 22.8 Å². The second kappa shape index (κ2) is 6.23. The predicted octanol–water partition coefficient (Wildman–Crippen LogP) is 2.27. The largest absolute Gasteiger partial charge is 0.431 e. The molecule has 29 heavy (non-hydrogen) atoms. The molecule has 2 aromatic heterocycles. The van der Waals surface area contributed by atoms with Crippen LogP contribution in [-0.4, -0.2) is 37.8 Å². The summed E-state index contributed by atoms with van der Waals surface area (Å²) < 4.78 is 5.61. The number of nitrogens with one attached hydrogen (secondary N) is 2. The Kier molecular flexibility index (Phi) is 3.77. The first kappa shape index (κ1) is 17.5. The molecular formula is C21H19N5O3. The number of nitrogens with zero attached hydrogens (tertiary/aromatic N) is 3. The Labute approximate surface area is 166 Å². The van der Waals surface area contributed by atoms with Crippen LogP contribution in [0.2, 0.25) is 0 Å². The molecule has 0 unspecified atom stereocenters. The highest BCUT2D eigenvalue weighted by molar-refractivity contribution is 5.94. The first-order valence-electron chi connectivity index (χ1n) is 9.41. The Hall–Kier alpha value is -3.55. The molecule has 8 nitrogen and oxygen atoms in total. The van der Waals surface area contributed by atoms with Crippen LogP contribution in [0.1, 0.15) is 46.0 Å². The second-order valence-corrected chi connectivity index (χ2v) is 7.94. The number of hydrogen-bond acceptors (Lipinski definition) is 6. The summed E-state index contributed by atoms with van der Waals surface area (Å²) in [5.74, 6) is 0.0708. The molecule has 0 spiro atoms. The van der Waals surface area contributed by atoms with E-state index in [1.54, 1.807) is 6.20 Å². The molecule has 146 valence electrons. The first-order valence-corrected chi connectivity index (χ1v) is 9.41. The molecule has 2 heterocycles. The van der Waals surface area contributed by atoms with Gasteiger partial charge in [-0.2, -0.15) is 0 Å². The van der Waals surface area contributed by atoms with Crippen molar-refractivity contribution in [1.82, 2.24) is 25.6 Å². The number of oxazole rings is 1. The Morgan fingerprint density at radius 2 is 1.59 bits per heavy atom. The highest BCUT2D eigenvalue weighted by atomic mass is 16.4. The van der Waals surface area contributed by atoms with Gasteiger partial charge in [-0.3, -0.25) is 14.6 Å². The van der Waals surface area contributed by atoms with Crippen LogP contribution in [0, 0.1) is 6.92 Å². The lowest BCUT2D eigenvalue weighted by Crippen LogP contribution is -2.83. The zero-order valence-electron chi connectivity index (χ0n) is 15.8. The lowest BCUT2D eigenvalue weighted by Gasteiger charge is -2.70. The fraction of sp³-hybridized carbons (Fsp3) is 0.286. The zero-order chi connectivity index (χ0) is 20.1. The number of aromatic nitrogens is 3. The number of carbonyl (C=O) groups is 2. The van der Waals surface area contributed by atoms with Crippen molar-refractivity contribution in [3.05, 3.63) is 66.1 Å². The summed E-state index contributed by atoms with van der Waals surface area (Å²) in [6, 6.07) is 9.43. The Morgan fingerprint density at radius 1 is 0.897 bits per heavy atom. The predicted molar refractivity (Wildman–Crippen MR) is 103 cm³/mol. The number of aryl methyl sites for hydroxylation is 1. The summed E-state index contributed by atoms with van der Waals surface area (Å²) in [4.78, 5) is 37.3. The monoisotopic (exact) mass is 389 g/mol. The van der Waals surface area contributed by atoms with Crippen LogP contribution in [0.4, 0.5) is 0 Å². The Bertz CT molecular complexity index is 1070. The molecule has 0 radical (unpaired) electrons. The summed E-state index contributed by atoms with van der Waals surface area (Å²) in [6.45, 7) is 1.82. The lowest BCUT2D eigenvalue weighted by molar-refractivity contribution is -0.0908. The third-order valence-corrected chi connectivity index (χ3v) is 5.55. The van der Waals surface area contributed by atoms with Crippen molar-refractivity contribution in [2.24, 2.45) is 0 Å². The molecule has 0 atom stereocenters. The third-order valence-electron chi connectivity index (χ3n) is 5.55. The van der Waals surface area contributed by atoms with Crippen LogP contribution in [-0.2, 0) is 0 Å². The SMILES string of the molecule is Cc1cnc(C(=O)NC23CC(NC(=O)c4cnc(-c5ccccc5)o4)(C2)C3)cn1. The number of benzene rings is 1. The maximum Gasteiger partial charge on any atom is 0.289 e. The van der Waals surface area contributed by atoms with E-state index in [1.165, 1.54) is 12.4 Å². The number of amides is 2. The minimum absolute atomic E-state index is 0.182. The molecule has 6 rings (SSSR count). The van der Waals surface area contributed by atoms with E-state index in [0.717, 1.165) is 11.3 Å². The van der Waals surface area contributed by atoms with Crippen LogP contribution >= 0.6 is 0 Å². The molecular weight excluding hydrogens is 370 g/mol. The smallest absolute Gasteiger partial charge is 0.289 e. The van der Waals surface area contributed by atoms with Gasteiger partial charge in [-0.25, -0.2) is 9.97 Å². The molecule has 0 aliphatic heterocycles. The van der Waals surface area contributed by atoms with Crippen LogP contribution in [0.25, 0.3) is 11.5 Å². The molecule has 3 aromatic rings. The molecule has 1 aromatic carbocycles. The van der Waals surface area contributed by atoms with E-state index in [1.807, 2.05) is 37.3 Å². The van der Waals surface area contributed by atoms with Crippen molar-refractivity contribution < 1.29 is 14.0 Å². The van der Waals surface area contributed by atoms with Gasteiger partial charge in [0.05, 0.1) is 18.1 Å². The molecule has 2 N–H and O–H groups in total. The van der Waals surface area contributed by atoms with E-state index in [0.29, 0.717) is 30.8 Å². The van der Waals surface area contributed by atoms with Crippen molar-refractivity contribution >= 4 is 11.8 Å². The normalized spacial score (nSPS) is 24.2. The van der Waals surface area contributed by atoms with Crippen LogP contribution in [0.15, 0.2) is 53.3 Å². The summed E-state index contributed by atoms with van der Waals surface area (Å²) in [6.07, 6.45) is 6.56. The first-order chi connectivity index (χ1) is 14.0. The summed E-state index contributed by atoms with van der Waals surface area (Å²) in [5, 5.41) is 6.06. The van der Waals surface area contributed by atoms with Crippen molar-refractivity contribution in [2.45, 2.75) is 37.3 Å². The van der Waals surface area contributed by atoms with E-state index in [2.05, 4.69) is 25.6 Å². The van der Waals surface area contributed by atoms with Gasteiger partial charge in [0.25, 0.3) is 11.8 Å². The Morgan fingerprint density at radius 3 is 2.24 bits per heavy atom. The van der Waals surface area contributed by atoms with Crippen LogP contribution in [0.5, 0.6) is 0 Å². The van der Waals surface area contributed by atoms with Gasteiger partial charge in [-0.15, -0.1) is 0 Å². The van der Waals surface area contributed by atoms with Gasteiger partial charge in [0.2, 0.25) is 11.7 Å². The average molecular weight is 389 g/mol. The quantitative estimate of drug-likeness (QED) is 0.693. The van der Waals surface area contributed by atoms with Gasteiger partial charge in [-0.05, 0) is 38.3 Å². The number of hydrogen-bond donors (Lipinski definition) is 2. The highest BCUT2D eigenvalue weighted by Gasteiger charge is 2.69. The van der Waals surface area contributed by atoms with E-state index in [-0.39, 0.29) is 28.7 Å². The van der Waals surface area contributed by atoms with Crippen LogP contribution in [0.3, 0.4) is 0 Å². The summed E-state index contributed by atoms with van der Waals surface area (Å²) >= 11 is 0. The van der Waals surface area contributed by atoms with Gasteiger partial charge in [0.15, 0.2) is 0 Å². The average Bonchev–Trinajstić information content (AvgIpc) is 3.17. The minimum Gasteiger partial charge on any atom is -0.431 e. The standard InChI is InChI=1S/C21H19N5O3/c1-13-7-23-15(8-22-13)17(27)25-20-10-21(11-20,12-20)26-18(28)16-9-24-19(29-16)14-5-3-2-4-6-14/h2-9H,10-12H2,1H3,(H,25,27)(H,26,28). The fourth-order valence-corrected chi connectivity index (χ4v) is 4.26. The molecule has 3 saturated carbocycles. The molecule has 8 heteroatoms. The molecule has 3 aliphatic rings. The van der Waals surface area contributed by atoms with Crippen molar-refractivity contribution in [2.75, 3.05) is 0 Å². The fourth-order valence-electron chi connectivity index (χ4n) is 4.26. The van der Waals surface area contributed by atoms with Gasteiger partial charge < -0.3 is 15.1 Å². The van der Waals surface area contributed by atoms with Crippen LogP contribution < -0.4 is 10.6 Å². The van der Waals surface area contributed by atoms with Gasteiger partial charge in [0.1, 0.15) is 5.69 Å². The van der Waals surface area contributed by atoms with Gasteiger partial charge in [-0.1, -0.05) is 18.2 Å². The summed E-state index contributed by atoms with van der Waals surface area (Å²) in [5.41, 5.74) is 1.32. The molecule has 3 aliphatic carbocycles. The van der Waals surface area contributed by atoms with Crippen molar-refractivity contribution in [3.63, 3.8) is 0 Å². The van der Waals surface area contributed by atoms with E-state index in [4.69, 9.17) is 4.42 Å². The molecule has 3 fully saturated rings. The topological polar surface area (TPSA) is 110 Å². The second-order valence-electron chi connectivity index (χ2n) is 7.94. The van der Waals surface area contributed by atoms with Crippen molar-refractivity contribution in [1.29, 1.82) is 0 Å². The molecule has 2 amide bonds. The third kappa shape index (κ3) is 3.06. The maximum absolute atomic E-state index is 12.6. The zero-order valence-corrected chi connectivity index (χ0v) is 15.8. The molecule has 2 bridgehead atoms. The molecule has 0 saturated heterocycles. The maximum atomic E-state index is 12.6. The van der Waals surface area contributed by atoms with E-state index >= 15 is 0 Å².